The molecule has 0 bridgehead atoms. The lowest BCUT2D eigenvalue weighted by Gasteiger charge is -2.21. The lowest BCUT2D eigenvalue weighted by atomic mass is 10.2. The monoisotopic (exact) mass is 300 g/mol. The molecule has 2 aromatic heterocycles. The van der Waals surface area contributed by atoms with Crippen LogP contribution in [-0.2, 0) is 4.79 Å². The summed E-state index contributed by atoms with van der Waals surface area (Å²) in [7, 11) is 0. The molecule has 7 nitrogen and oxygen atoms in total. The Morgan fingerprint density at radius 2 is 2.23 bits per heavy atom. The van der Waals surface area contributed by atoms with Gasteiger partial charge in [-0.1, -0.05) is 5.16 Å². The van der Waals surface area contributed by atoms with Crippen molar-refractivity contribution in [3.8, 4) is 0 Å². The quantitative estimate of drug-likeness (QED) is 0.874. The van der Waals surface area contributed by atoms with Gasteiger partial charge in [-0.25, -0.2) is 0 Å². The first-order valence-electron chi connectivity index (χ1n) is 7.12. The van der Waals surface area contributed by atoms with Gasteiger partial charge in [-0.05, 0) is 30.9 Å². The summed E-state index contributed by atoms with van der Waals surface area (Å²) < 4.78 is 4.66. The van der Waals surface area contributed by atoms with E-state index >= 15 is 0 Å². The van der Waals surface area contributed by atoms with Crippen molar-refractivity contribution < 1.29 is 14.1 Å². The van der Waals surface area contributed by atoms with E-state index in [4.69, 9.17) is 0 Å². The van der Waals surface area contributed by atoms with Gasteiger partial charge < -0.3 is 14.7 Å². The third-order valence-corrected chi connectivity index (χ3v) is 3.41. The van der Waals surface area contributed by atoms with Crippen LogP contribution in [0, 0.1) is 5.92 Å². The van der Waals surface area contributed by atoms with Crippen molar-refractivity contribution in [1.82, 2.24) is 15.0 Å². The van der Waals surface area contributed by atoms with Gasteiger partial charge in [0.15, 0.2) is 5.82 Å². The molecule has 2 aromatic rings. The summed E-state index contributed by atoms with van der Waals surface area (Å²) in [5.41, 5.74) is 0.484. The zero-order chi connectivity index (χ0) is 15.4. The number of pyridine rings is 1. The highest BCUT2D eigenvalue weighted by Gasteiger charge is 2.28. The largest absolute Gasteiger partial charge is 0.363 e. The van der Waals surface area contributed by atoms with Crippen LogP contribution in [0.1, 0.15) is 23.2 Å². The predicted molar refractivity (Wildman–Crippen MR) is 78.0 cm³/mol. The Morgan fingerprint density at radius 1 is 1.36 bits per heavy atom. The van der Waals surface area contributed by atoms with Gasteiger partial charge in [0.2, 0.25) is 5.91 Å². The molecule has 0 aromatic carbocycles. The average Bonchev–Trinajstić information content (AvgIpc) is 3.21. The molecule has 1 fully saturated rings. The number of amides is 2. The molecular formula is C15H16N4O3. The van der Waals surface area contributed by atoms with Gasteiger partial charge in [-0.2, -0.15) is 0 Å². The zero-order valence-corrected chi connectivity index (χ0v) is 11.9. The summed E-state index contributed by atoms with van der Waals surface area (Å²) >= 11 is 0. The fraction of sp³-hybridized carbons (Fsp3) is 0.333. The van der Waals surface area contributed by atoms with Crippen LogP contribution in [0.4, 0.5) is 5.82 Å². The summed E-state index contributed by atoms with van der Waals surface area (Å²) in [4.78, 5) is 30.1. The maximum atomic E-state index is 12.5. The van der Waals surface area contributed by atoms with E-state index in [0.717, 1.165) is 12.8 Å². The van der Waals surface area contributed by atoms with E-state index in [0.29, 0.717) is 23.8 Å². The van der Waals surface area contributed by atoms with Crippen LogP contribution in [0.5, 0.6) is 0 Å². The molecule has 1 aliphatic rings. The molecule has 0 unspecified atom stereocenters. The number of carbonyl (C=O) groups is 2. The minimum atomic E-state index is -0.299. The predicted octanol–water partition coefficient (Wildman–Crippen LogP) is 1.56. The first kappa shape index (κ1) is 14.2. The highest BCUT2D eigenvalue weighted by atomic mass is 16.5. The second-order valence-electron chi connectivity index (χ2n) is 5.30. The lowest BCUT2D eigenvalue weighted by molar-refractivity contribution is -0.117. The number of nitrogens with one attached hydrogen (secondary N) is 1. The van der Waals surface area contributed by atoms with Crippen molar-refractivity contribution in [3.05, 3.63) is 42.4 Å². The van der Waals surface area contributed by atoms with Gasteiger partial charge in [0.1, 0.15) is 12.8 Å². The molecule has 0 aliphatic heterocycles. The van der Waals surface area contributed by atoms with Gasteiger partial charge >= 0.3 is 0 Å². The Morgan fingerprint density at radius 3 is 2.86 bits per heavy atom. The number of hydrogen-bond acceptors (Lipinski definition) is 5. The minimum Gasteiger partial charge on any atom is -0.363 e. The summed E-state index contributed by atoms with van der Waals surface area (Å²) in [6.45, 7) is 0.567. The number of aromatic nitrogens is 2. The molecule has 114 valence electrons. The van der Waals surface area contributed by atoms with Gasteiger partial charge in [0, 0.05) is 25.0 Å². The molecule has 1 aliphatic carbocycles. The van der Waals surface area contributed by atoms with E-state index in [9.17, 15) is 9.59 Å². The average molecular weight is 300 g/mol. The highest BCUT2D eigenvalue weighted by Crippen LogP contribution is 2.30. The molecule has 2 amide bonds. The van der Waals surface area contributed by atoms with Crippen LogP contribution in [0.25, 0.3) is 0 Å². The first-order valence-corrected chi connectivity index (χ1v) is 7.12. The van der Waals surface area contributed by atoms with E-state index in [1.54, 1.807) is 29.3 Å². The number of carbonyl (C=O) groups excluding carboxylic acids is 2. The Labute approximate surface area is 127 Å². The first-order chi connectivity index (χ1) is 10.7. The van der Waals surface area contributed by atoms with Gasteiger partial charge in [0.25, 0.3) is 5.91 Å². The van der Waals surface area contributed by atoms with Crippen LogP contribution in [-0.4, -0.2) is 39.9 Å². The van der Waals surface area contributed by atoms with Crippen LogP contribution in [0.2, 0.25) is 0 Å². The molecule has 1 saturated carbocycles. The van der Waals surface area contributed by atoms with Gasteiger partial charge in [0.05, 0.1) is 5.56 Å². The van der Waals surface area contributed by atoms with Crippen molar-refractivity contribution in [2.24, 2.45) is 5.92 Å². The summed E-state index contributed by atoms with van der Waals surface area (Å²) in [5, 5.41) is 6.22. The van der Waals surface area contributed by atoms with E-state index < -0.39 is 0 Å². The van der Waals surface area contributed by atoms with Crippen molar-refractivity contribution in [2.45, 2.75) is 12.8 Å². The normalized spacial score (nSPS) is 13.6. The highest BCUT2D eigenvalue weighted by molar-refractivity contribution is 5.98. The van der Waals surface area contributed by atoms with Crippen molar-refractivity contribution in [2.75, 3.05) is 18.4 Å². The zero-order valence-electron chi connectivity index (χ0n) is 11.9. The molecular weight excluding hydrogens is 284 g/mol. The molecule has 7 heteroatoms. The summed E-state index contributed by atoms with van der Waals surface area (Å²) in [6, 6.07) is 4.95. The van der Waals surface area contributed by atoms with Crippen molar-refractivity contribution in [3.63, 3.8) is 0 Å². The molecule has 0 saturated heterocycles. The Balaban J connectivity index is 1.66. The van der Waals surface area contributed by atoms with Crippen molar-refractivity contribution >= 4 is 17.6 Å². The molecule has 22 heavy (non-hydrogen) atoms. The number of nitrogens with zero attached hydrogens (tertiary/aromatic N) is 3. The lowest BCUT2D eigenvalue weighted by Crippen LogP contribution is -2.39. The third kappa shape index (κ3) is 3.69. The molecule has 2 heterocycles. The Kier molecular flexibility index (Phi) is 4.13. The van der Waals surface area contributed by atoms with Crippen LogP contribution < -0.4 is 5.32 Å². The second kappa shape index (κ2) is 6.38. The van der Waals surface area contributed by atoms with Crippen LogP contribution in [0.3, 0.4) is 0 Å². The Hall–Kier alpha value is -2.70. The van der Waals surface area contributed by atoms with Gasteiger partial charge in [-0.15, -0.1) is 0 Å². The van der Waals surface area contributed by atoms with Crippen LogP contribution >= 0.6 is 0 Å². The second-order valence-corrected chi connectivity index (χ2v) is 5.30. The minimum absolute atomic E-state index is 0.0168. The molecule has 0 atom stereocenters. The van der Waals surface area contributed by atoms with Crippen LogP contribution in [0.15, 0.2) is 41.4 Å². The molecule has 0 radical (unpaired) electrons. The standard InChI is InChI=1S/C15H16N4O3/c20-14(17-13-5-7-22-18-13)10-19(9-11-3-4-11)15(21)12-2-1-6-16-8-12/h1-2,5-8,11H,3-4,9-10H2,(H,17,18,20). The summed E-state index contributed by atoms with van der Waals surface area (Å²) in [6.07, 6.45) is 6.69. The topological polar surface area (TPSA) is 88.3 Å². The number of anilines is 1. The Bertz CT molecular complexity index is 638. The molecule has 0 spiro atoms. The summed E-state index contributed by atoms with van der Waals surface area (Å²) in [5.74, 6) is 0.341. The number of rotatable bonds is 6. The molecule has 3 rings (SSSR count). The van der Waals surface area contributed by atoms with E-state index in [2.05, 4.69) is 20.0 Å². The van der Waals surface area contributed by atoms with E-state index in [1.165, 1.54) is 12.5 Å². The van der Waals surface area contributed by atoms with Crippen molar-refractivity contribution in [1.29, 1.82) is 0 Å². The molecule has 1 N–H and O–H groups in total. The fourth-order valence-electron chi connectivity index (χ4n) is 2.14. The fourth-order valence-corrected chi connectivity index (χ4v) is 2.14. The SMILES string of the molecule is O=C(CN(CC1CC1)C(=O)c1cccnc1)Nc1ccon1. The third-order valence-electron chi connectivity index (χ3n) is 3.41. The maximum absolute atomic E-state index is 12.5. The maximum Gasteiger partial charge on any atom is 0.255 e. The van der Waals surface area contributed by atoms with Gasteiger partial charge in [-0.3, -0.25) is 14.6 Å². The smallest absolute Gasteiger partial charge is 0.255 e. The van der Waals surface area contributed by atoms with E-state index in [1.807, 2.05) is 0 Å². The number of hydrogen-bond donors (Lipinski definition) is 1. The van der Waals surface area contributed by atoms with E-state index in [-0.39, 0.29) is 18.4 Å².